The highest BCUT2D eigenvalue weighted by molar-refractivity contribution is 7.50. The zero-order valence-corrected chi connectivity index (χ0v) is 15.7. The minimum atomic E-state index is -3.94. The minimum Gasteiger partial charge on any atom is -0.779 e. The van der Waals surface area contributed by atoms with Crippen LogP contribution in [0.15, 0.2) is 60.7 Å². The molecule has 4 atom stereocenters. The number of aliphatic hydroxyl groups excluding tert-OH is 2. The summed E-state index contributed by atoms with van der Waals surface area (Å²) in [5.41, 5.74) is 2.55. The van der Waals surface area contributed by atoms with Crippen LogP contribution in [0.3, 0.4) is 0 Å². The fraction of sp³-hybridized carbons (Fsp3) is 0.368. The summed E-state index contributed by atoms with van der Waals surface area (Å²) in [6.45, 7) is 4.13. The fourth-order valence-corrected chi connectivity index (χ4v) is 2.70. The molecule has 138 valence electrons. The number of aliphatic hydroxyl groups is 2. The molecule has 2 rings (SSSR count). The van der Waals surface area contributed by atoms with Crippen molar-refractivity contribution in [3.05, 3.63) is 60.7 Å². The van der Waals surface area contributed by atoms with Crippen molar-refractivity contribution in [3.8, 4) is 11.1 Å². The normalized spacial score (nSPS) is 16.7. The summed E-state index contributed by atoms with van der Waals surface area (Å²) in [6, 6.07) is 20.8. The average Bonchev–Trinajstić information content (AvgIpc) is 2.61. The molecule has 0 bridgehead atoms. The first-order valence-corrected chi connectivity index (χ1v) is 10.2. The van der Waals surface area contributed by atoms with Gasteiger partial charge >= 0.3 is 0 Å². The van der Waals surface area contributed by atoms with E-state index in [1.54, 1.807) is 6.92 Å². The first-order chi connectivity index (χ1) is 11.7. The molecule has 0 aromatic heterocycles. The van der Waals surface area contributed by atoms with E-state index in [0.29, 0.717) is 6.42 Å². The van der Waals surface area contributed by atoms with E-state index in [1.165, 1.54) is 18.1 Å². The van der Waals surface area contributed by atoms with Crippen molar-refractivity contribution in [1.82, 2.24) is 0 Å². The van der Waals surface area contributed by atoms with Gasteiger partial charge in [-0.2, -0.15) is 0 Å². The van der Waals surface area contributed by atoms with Gasteiger partial charge in [0, 0.05) is 12.6 Å². The summed E-state index contributed by atoms with van der Waals surface area (Å²) >= 11 is 0. The van der Waals surface area contributed by atoms with Crippen LogP contribution in [0.1, 0.15) is 20.3 Å². The van der Waals surface area contributed by atoms with Crippen molar-refractivity contribution >= 4 is 7.60 Å². The quantitative estimate of drug-likeness (QED) is 0.606. The number of hydrogen-bond acceptors (Lipinski definition) is 5. The van der Waals surface area contributed by atoms with Crippen molar-refractivity contribution in [2.24, 2.45) is 5.92 Å². The van der Waals surface area contributed by atoms with Crippen molar-refractivity contribution in [1.29, 1.82) is 0 Å². The summed E-state index contributed by atoms with van der Waals surface area (Å²) in [4.78, 5) is 10.6. The molecule has 0 saturated carbocycles. The van der Waals surface area contributed by atoms with E-state index < -0.39 is 25.9 Å². The maximum atomic E-state index is 10.6. The zero-order chi connectivity index (χ0) is 18.9. The lowest BCUT2D eigenvalue weighted by atomic mass is 10.0. The molecular formula is C19H26O5P-. The van der Waals surface area contributed by atoms with Gasteiger partial charge in [-0.3, -0.25) is 0 Å². The summed E-state index contributed by atoms with van der Waals surface area (Å²) in [5, 5.41) is 18.5. The van der Waals surface area contributed by atoms with Crippen LogP contribution in [-0.4, -0.2) is 29.3 Å². The van der Waals surface area contributed by atoms with E-state index in [-0.39, 0.29) is 0 Å². The molecule has 0 aliphatic carbocycles. The van der Waals surface area contributed by atoms with Crippen LogP contribution in [0.4, 0.5) is 0 Å². The van der Waals surface area contributed by atoms with Gasteiger partial charge in [-0.15, -0.1) is 0 Å². The Morgan fingerprint density at radius 3 is 1.72 bits per heavy atom. The van der Waals surface area contributed by atoms with E-state index in [1.807, 2.05) is 12.1 Å². The SMILES string of the molecule is CC[C@H](O)[C@@H](C)[C@@H](O)OP(C)(=O)[O-].c1ccc(-c2ccccc2)cc1. The van der Waals surface area contributed by atoms with Crippen LogP contribution in [0.2, 0.25) is 0 Å². The summed E-state index contributed by atoms with van der Waals surface area (Å²) in [7, 11) is -3.94. The third-order valence-electron chi connectivity index (χ3n) is 3.66. The topological polar surface area (TPSA) is 89.8 Å². The minimum absolute atomic E-state index is 0.439. The van der Waals surface area contributed by atoms with Gasteiger partial charge in [0.1, 0.15) is 7.60 Å². The molecule has 0 radical (unpaired) electrons. The second kappa shape index (κ2) is 10.5. The van der Waals surface area contributed by atoms with Gasteiger partial charge in [0.15, 0.2) is 6.29 Å². The summed E-state index contributed by atoms with van der Waals surface area (Å²) < 4.78 is 14.9. The lowest BCUT2D eigenvalue weighted by Crippen LogP contribution is -2.31. The second-order valence-corrected chi connectivity index (χ2v) is 7.59. The highest BCUT2D eigenvalue weighted by Gasteiger charge is 2.23. The summed E-state index contributed by atoms with van der Waals surface area (Å²) in [6.07, 6.45) is -1.79. The molecule has 0 aliphatic rings. The number of benzene rings is 2. The lowest BCUT2D eigenvalue weighted by molar-refractivity contribution is -0.219. The predicted octanol–water partition coefficient (Wildman–Crippen LogP) is 3.27. The van der Waals surface area contributed by atoms with Crippen LogP contribution < -0.4 is 4.89 Å². The van der Waals surface area contributed by atoms with Crippen molar-refractivity contribution in [3.63, 3.8) is 0 Å². The van der Waals surface area contributed by atoms with Gasteiger partial charge < -0.3 is 24.2 Å². The monoisotopic (exact) mass is 365 g/mol. The van der Waals surface area contributed by atoms with Crippen molar-refractivity contribution in [2.45, 2.75) is 32.7 Å². The van der Waals surface area contributed by atoms with Crippen LogP contribution in [0, 0.1) is 5.92 Å². The molecule has 0 amide bonds. The Balaban J connectivity index is 0.000000250. The van der Waals surface area contributed by atoms with Crippen LogP contribution in [-0.2, 0) is 9.09 Å². The van der Waals surface area contributed by atoms with E-state index in [9.17, 15) is 19.7 Å². The van der Waals surface area contributed by atoms with Crippen molar-refractivity contribution < 1.29 is 24.2 Å². The largest absolute Gasteiger partial charge is 0.779 e. The summed E-state index contributed by atoms with van der Waals surface area (Å²) in [5.74, 6) is -0.618. The molecule has 0 aliphatic heterocycles. The first-order valence-electron chi connectivity index (χ1n) is 8.18. The molecular weight excluding hydrogens is 339 g/mol. The molecule has 6 heteroatoms. The van der Waals surface area contributed by atoms with Crippen LogP contribution in [0.5, 0.6) is 0 Å². The van der Waals surface area contributed by atoms with E-state index in [4.69, 9.17) is 0 Å². The lowest BCUT2D eigenvalue weighted by Gasteiger charge is -2.28. The smallest absolute Gasteiger partial charge is 0.165 e. The van der Waals surface area contributed by atoms with Gasteiger partial charge in [-0.25, -0.2) is 0 Å². The maximum absolute atomic E-state index is 10.6. The van der Waals surface area contributed by atoms with E-state index >= 15 is 0 Å². The Hall–Kier alpha value is -1.49. The maximum Gasteiger partial charge on any atom is 0.165 e. The van der Waals surface area contributed by atoms with Gasteiger partial charge in [0.05, 0.1) is 6.10 Å². The Morgan fingerprint density at radius 1 is 1.00 bits per heavy atom. The third kappa shape index (κ3) is 8.43. The first kappa shape index (κ1) is 21.6. The Labute approximate surface area is 149 Å². The third-order valence-corrected chi connectivity index (χ3v) is 4.25. The fourth-order valence-electron chi connectivity index (χ4n) is 2.12. The molecule has 2 aromatic rings. The molecule has 0 saturated heterocycles. The number of rotatable bonds is 6. The van der Waals surface area contributed by atoms with Gasteiger partial charge in [0.25, 0.3) is 0 Å². The van der Waals surface area contributed by atoms with E-state index in [2.05, 4.69) is 53.1 Å². The Kier molecular flexibility index (Phi) is 9.04. The standard InChI is InChI=1S/C12H10.C7H17O5P/c1-3-7-11(8-4-1)12-9-5-2-6-10-12;1-4-6(8)5(2)7(9)12-13(3,10)11/h1-10H;5-9H,4H2,1-3H3,(H,10,11)/p-1/t;5-,6+,7+/m.1/s1. The highest BCUT2D eigenvalue weighted by Crippen LogP contribution is 2.34. The molecule has 5 nitrogen and oxygen atoms in total. The van der Waals surface area contributed by atoms with Gasteiger partial charge in [0.2, 0.25) is 0 Å². The molecule has 1 unspecified atom stereocenters. The molecule has 2 N–H and O–H groups in total. The zero-order valence-electron chi connectivity index (χ0n) is 14.8. The average molecular weight is 365 g/mol. The Morgan fingerprint density at radius 2 is 1.40 bits per heavy atom. The van der Waals surface area contributed by atoms with E-state index in [0.717, 1.165) is 6.66 Å². The molecule has 0 fully saturated rings. The van der Waals surface area contributed by atoms with Crippen LogP contribution in [0.25, 0.3) is 11.1 Å². The van der Waals surface area contributed by atoms with Gasteiger partial charge in [-0.1, -0.05) is 74.5 Å². The molecule has 25 heavy (non-hydrogen) atoms. The molecule has 0 heterocycles. The van der Waals surface area contributed by atoms with Crippen molar-refractivity contribution in [2.75, 3.05) is 6.66 Å². The second-order valence-electron chi connectivity index (χ2n) is 5.83. The highest BCUT2D eigenvalue weighted by atomic mass is 31.2. The van der Waals surface area contributed by atoms with Crippen LogP contribution >= 0.6 is 7.60 Å². The molecule has 0 spiro atoms. The molecule has 2 aromatic carbocycles. The van der Waals surface area contributed by atoms with Gasteiger partial charge in [-0.05, 0) is 17.5 Å². The Bertz CT molecular complexity index is 604. The predicted molar refractivity (Wildman–Crippen MR) is 98.0 cm³/mol. The number of hydrogen-bond donors (Lipinski definition) is 2.